The van der Waals surface area contributed by atoms with E-state index in [4.69, 9.17) is 0 Å². The van der Waals surface area contributed by atoms with E-state index in [1.165, 1.54) is 29.7 Å². The minimum absolute atomic E-state index is 1.08. The molecule has 1 N–H and O–H groups in total. The van der Waals surface area contributed by atoms with Crippen LogP contribution in [-0.4, -0.2) is 16.3 Å². The molecule has 0 amide bonds. The number of nitrogens with one attached hydrogen (secondary N) is 1. The summed E-state index contributed by atoms with van der Waals surface area (Å²) in [5.74, 6) is 0. The molecule has 16 heavy (non-hydrogen) atoms. The predicted molar refractivity (Wildman–Crippen MR) is 65.1 cm³/mol. The summed E-state index contributed by atoms with van der Waals surface area (Å²) >= 11 is 0. The Morgan fingerprint density at radius 1 is 1.38 bits per heavy atom. The molecule has 0 fully saturated rings. The molecular weight excluding hydrogens is 198 g/mol. The highest BCUT2D eigenvalue weighted by Gasteiger charge is 2.09. The minimum Gasteiger partial charge on any atom is -0.385 e. The summed E-state index contributed by atoms with van der Waals surface area (Å²) in [4.78, 5) is 0. The summed E-state index contributed by atoms with van der Waals surface area (Å²) in [6.45, 7) is 3.13. The zero-order chi connectivity index (χ0) is 11.0. The minimum atomic E-state index is 1.08. The number of benzene rings is 1. The van der Waals surface area contributed by atoms with E-state index in [1.54, 1.807) is 0 Å². The molecule has 0 saturated heterocycles. The lowest BCUT2D eigenvalue weighted by Crippen LogP contribution is -2.12. The Kier molecular flexibility index (Phi) is 2.17. The summed E-state index contributed by atoms with van der Waals surface area (Å²) in [5, 5.41) is 7.76. The molecule has 1 aromatic carbocycles. The maximum atomic E-state index is 4.32. The standard InChI is InChI=1S/C13H15N3/c1-10-8-15-16(9-10)12-5-4-11-3-2-6-14-13(11)7-12/h4-5,7-9,14H,2-3,6H2,1H3. The topological polar surface area (TPSA) is 29.9 Å². The molecule has 0 radical (unpaired) electrons. The van der Waals surface area contributed by atoms with Gasteiger partial charge in [-0.25, -0.2) is 4.68 Å². The van der Waals surface area contributed by atoms with Crippen LogP contribution < -0.4 is 5.32 Å². The number of aromatic nitrogens is 2. The highest BCUT2D eigenvalue weighted by Crippen LogP contribution is 2.24. The molecule has 0 bridgehead atoms. The third kappa shape index (κ3) is 1.58. The molecule has 2 heterocycles. The van der Waals surface area contributed by atoms with Crippen LogP contribution in [0.4, 0.5) is 5.69 Å². The van der Waals surface area contributed by atoms with Crippen LogP contribution in [0.5, 0.6) is 0 Å². The van der Waals surface area contributed by atoms with E-state index in [9.17, 15) is 0 Å². The van der Waals surface area contributed by atoms with Crippen molar-refractivity contribution < 1.29 is 0 Å². The first-order valence-electron chi connectivity index (χ1n) is 5.71. The number of hydrogen-bond donors (Lipinski definition) is 1. The average Bonchev–Trinajstić information content (AvgIpc) is 2.75. The highest BCUT2D eigenvalue weighted by atomic mass is 15.3. The van der Waals surface area contributed by atoms with Gasteiger partial charge in [0.15, 0.2) is 0 Å². The van der Waals surface area contributed by atoms with Crippen LogP contribution >= 0.6 is 0 Å². The normalized spacial score (nSPS) is 14.3. The van der Waals surface area contributed by atoms with E-state index in [1.807, 2.05) is 17.1 Å². The van der Waals surface area contributed by atoms with Gasteiger partial charge in [-0.05, 0) is 43.0 Å². The van der Waals surface area contributed by atoms with E-state index in [-0.39, 0.29) is 0 Å². The highest BCUT2D eigenvalue weighted by molar-refractivity contribution is 5.58. The van der Waals surface area contributed by atoms with Crippen molar-refractivity contribution in [1.29, 1.82) is 0 Å². The van der Waals surface area contributed by atoms with E-state index in [0.29, 0.717) is 0 Å². The van der Waals surface area contributed by atoms with Gasteiger partial charge in [0.1, 0.15) is 0 Å². The molecule has 3 rings (SSSR count). The van der Waals surface area contributed by atoms with Crippen LogP contribution in [0.25, 0.3) is 5.69 Å². The molecule has 82 valence electrons. The average molecular weight is 213 g/mol. The number of anilines is 1. The zero-order valence-corrected chi connectivity index (χ0v) is 9.40. The van der Waals surface area contributed by atoms with Gasteiger partial charge in [-0.3, -0.25) is 0 Å². The van der Waals surface area contributed by atoms with Crippen molar-refractivity contribution in [1.82, 2.24) is 9.78 Å². The van der Waals surface area contributed by atoms with Gasteiger partial charge in [-0.15, -0.1) is 0 Å². The van der Waals surface area contributed by atoms with Gasteiger partial charge in [0.25, 0.3) is 0 Å². The second kappa shape index (κ2) is 3.67. The van der Waals surface area contributed by atoms with Crippen LogP contribution in [0.3, 0.4) is 0 Å². The lowest BCUT2D eigenvalue weighted by Gasteiger charge is -2.18. The molecule has 0 saturated carbocycles. The third-order valence-electron chi connectivity index (χ3n) is 3.01. The Hall–Kier alpha value is -1.77. The van der Waals surface area contributed by atoms with Crippen LogP contribution in [0.2, 0.25) is 0 Å². The quantitative estimate of drug-likeness (QED) is 0.789. The summed E-state index contributed by atoms with van der Waals surface area (Å²) in [6, 6.07) is 6.52. The molecule has 0 aliphatic carbocycles. The van der Waals surface area contributed by atoms with Gasteiger partial charge in [-0.1, -0.05) is 6.07 Å². The lowest BCUT2D eigenvalue weighted by molar-refractivity contribution is 0.824. The van der Waals surface area contributed by atoms with Crippen molar-refractivity contribution in [2.75, 3.05) is 11.9 Å². The number of aryl methyl sites for hydroxylation is 2. The Labute approximate surface area is 95.1 Å². The maximum Gasteiger partial charge on any atom is 0.0666 e. The summed E-state index contributed by atoms with van der Waals surface area (Å²) in [5.41, 5.74) is 4.99. The van der Waals surface area contributed by atoms with Gasteiger partial charge >= 0.3 is 0 Å². The number of rotatable bonds is 1. The predicted octanol–water partition coefficient (Wildman–Crippen LogP) is 2.54. The molecule has 1 aliphatic heterocycles. The number of nitrogens with zero attached hydrogens (tertiary/aromatic N) is 2. The molecule has 0 spiro atoms. The van der Waals surface area contributed by atoms with Crippen LogP contribution in [0.15, 0.2) is 30.6 Å². The Morgan fingerprint density at radius 3 is 3.12 bits per heavy atom. The van der Waals surface area contributed by atoms with Crippen LogP contribution in [-0.2, 0) is 6.42 Å². The van der Waals surface area contributed by atoms with E-state index in [2.05, 4.69) is 35.5 Å². The molecule has 1 aromatic heterocycles. The Balaban J connectivity index is 2.02. The third-order valence-corrected chi connectivity index (χ3v) is 3.01. The molecular formula is C13H15N3. The fraction of sp³-hybridized carbons (Fsp3) is 0.308. The van der Waals surface area contributed by atoms with Crippen molar-refractivity contribution in [3.8, 4) is 5.69 Å². The molecule has 3 heteroatoms. The monoisotopic (exact) mass is 213 g/mol. The van der Waals surface area contributed by atoms with E-state index < -0.39 is 0 Å². The molecule has 0 atom stereocenters. The van der Waals surface area contributed by atoms with E-state index in [0.717, 1.165) is 12.2 Å². The number of fused-ring (bicyclic) bond motifs is 1. The Bertz CT molecular complexity index is 514. The Morgan fingerprint density at radius 2 is 2.31 bits per heavy atom. The molecule has 0 unspecified atom stereocenters. The van der Waals surface area contributed by atoms with Crippen LogP contribution in [0.1, 0.15) is 17.5 Å². The number of hydrogen-bond acceptors (Lipinski definition) is 2. The SMILES string of the molecule is Cc1cnn(-c2ccc3c(c2)NCCC3)c1. The first-order chi connectivity index (χ1) is 7.83. The van der Waals surface area contributed by atoms with Crippen molar-refractivity contribution in [2.24, 2.45) is 0 Å². The van der Waals surface area contributed by atoms with Gasteiger partial charge in [0.05, 0.1) is 11.9 Å². The van der Waals surface area contributed by atoms with Gasteiger partial charge in [-0.2, -0.15) is 5.10 Å². The van der Waals surface area contributed by atoms with Crippen molar-refractivity contribution >= 4 is 5.69 Å². The first-order valence-corrected chi connectivity index (χ1v) is 5.71. The zero-order valence-electron chi connectivity index (χ0n) is 9.40. The fourth-order valence-corrected chi connectivity index (χ4v) is 2.15. The van der Waals surface area contributed by atoms with Crippen molar-refractivity contribution in [2.45, 2.75) is 19.8 Å². The second-order valence-corrected chi connectivity index (χ2v) is 4.33. The smallest absolute Gasteiger partial charge is 0.0666 e. The lowest BCUT2D eigenvalue weighted by atomic mass is 10.0. The van der Waals surface area contributed by atoms with Crippen molar-refractivity contribution in [3.63, 3.8) is 0 Å². The molecule has 3 nitrogen and oxygen atoms in total. The summed E-state index contributed by atoms with van der Waals surface area (Å²) in [6.07, 6.45) is 6.34. The molecule has 2 aromatic rings. The maximum absolute atomic E-state index is 4.32. The fourth-order valence-electron chi connectivity index (χ4n) is 2.15. The summed E-state index contributed by atoms with van der Waals surface area (Å²) < 4.78 is 1.92. The van der Waals surface area contributed by atoms with Crippen molar-refractivity contribution in [3.05, 3.63) is 41.7 Å². The van der Waals surface area contributed by atoms with Gasteiger partial charge in [0, 0.05) is 18.4 Å². The van der Waals surface area contributed by atoms with E-state index >= 15 is 0 Å². The van der Waals surface area contributed by atoms with Gasteiger partial charge < -0.3 is 5.32 Å². The summed E-state index contributed by atoms with van der Waals surface area (Å²) in [7, 11) is 0. The second-order valence-electron chi connectivity index (χ2n) is 4.33. The largest absolute Gasteiger partial charge is 0.385 e. The van der Waals surface area contributed by atoms with Gasteiger partial charge in [0.2, 0.25) is 0 Å². The van der Waals surface area contributed by atoms with Crippen LogP contribution in [0, 0.1) is 6.92 Å². The first kappa shape index (κ1) is 9.46. The molecule has 1 aliphatic rings.